The van der Waals surface area contributed by atoms with Gasteiger partial charge < -0.3 is 14.9 Å². The molecule has 0 saturated heterocycles. The van der Waals surface area contributed by atoms with Crippen LogP contribution in [0.2, 0.25) is 0 Å². The van der Waals surface area contributed by atoms with Crippen molar-refractivity contribution in [2.24, 2.45) is 34.5 Å². The second kappa shape index (κ2) is 5.78. The summed E-state index contributed by atoms with van der Waals surface area (Å²) in [5, 5.41) is 21.3. The second-order valence-corrected chi connectivity index (χ2v) is 9.97. The van der Waals surface area contributed by atoms with E-state index in [0.717, 1.165) is 44.9 Å². The third-order valence-electron chi connectivity index (χ3n) is 8.68. The van der Waals surface area contributed by atoms with Crippen molar-refractivity contribution < 1.29 is 24.5 Å². The van der Waals surface area contributed by atoms with Gasteiger partial charge in [0, 0.05) is 18.3 Å². The minimum absolute atomic E-state index is 0.0248. The molecule has 0 unspecified atom stereocenters. The van der Waals surface area contributed by atoms with Crippen LogP contribution in [0.4, 0.5) is 0 Å². The minimum atomic E-state index is -1.85. The smallest absolute Gasteiger partial charge is 0.302 e. The highest BCUT2D eigenvalue weighted by Crippen LogP contribution is 2.66. The molecule has 0 aromatic carbocycles. The Bertz CT molecular complexity index is 628. The zero-order chi connectivity index (χ0) is 18.9. The van der Waals surface area contributed by atoms with E-state index >= 15 is 0 Å². The zero-order valence-corrected chi connectivity index (χ0v) is 16.2. The zero-order valence-electron chi connectivity index (χ0n) is 16.2. The Morgan fingerprint density at radius 2 is 1.85 bits per heavy atom. The maximum absolute atomic E-state index is 12.6. The summed E-state index contributed by atoms with van der Waals surface area (Å²) in [6, 6.07) is 0. The predicted octanol–water partition coefficient (Wildman–Crippen LogP) is 2.82. The normalized spacial score (nSPS) is 49.7. The molecule has 146 valence electrons. The number of Topliss-reactive ketones (excluding diaryl/α,β-unsaturated/α-hetero) is 1. The first-order chi connectivity index (χ1) is 12.1. The lowest BCUT2D eigenvalue weighted by molar-refractivity contribution is -0.241. The summed E-state index contributed by atoms with van der Waals surface area (Å²) in [4.78, 5) is 23.9. The molecule has 7 atom stereocenters. The van der Waals surface area contributed by atoms with Gasteiger partial charge in [-0.3, -0.25) is 9.59 Å². The van der Waals surface area contributed by atoms with E-state index in [1.54, 1.807) is 0 Å². The van der Waals surface area contributed by atoms with Crippen LogP contribution < -0.4 is 0 Å². The average molecular weight is 364 g/mol. The van der Waals surface area contributed by atoms with Crippen molar-refractivity contribution in [1.29, 1.82) is 0 Å². The first-order valence-corrected chi connectivity index (χ1v) is 10.2. The van der Waals surface area contributed by atoms with Crippen LogP contribution in [-0.2, 0) is 14.3 Å². The number of rotatable bonds is 1. The molecule has 26 heavy (non-hydrogen) atoms. The van der Waals surface area contributed by atoms with Crippen LogP contribution >= 0.6 is 0 Å². The molecule has 0 aromatic heterocycles. The second-order valence-electron chi connectivity index (χ2n) is 9.97. The molecule has 0 heterocycles. The average Bonchev–Trinajstić information content (AvgIpc) is 2.72. The molecule has 5 heteroatoms. The van der Waals surface area contributed by atoms with E-state index in [9.17, 15) is 19.8 Å². The van der Waals surface area contributed by atoms with Gasteiger partial charge in [-0.2, -0.15) is 0 Å². The highest BCUT2D eigenvalue weighted by atomic mass is 16.5. The van der Waals surface area contributed by atoms with Crippen LogP contribution in [0.5, 0.6) is 0 Å². The minimum Gasteiger partial charge on any atom is -0.463 e. The Morgan fingerprint density at radius 1 is 1.12 bits per heavy atom. The van der Waals surface area contributed by atoms with Crippen molar-refractivity contribution in [2.75, 3.05) is 0 Å². The van der Waals surface area contributed by atoms with Crippen LogP contribution in [-0.4, -0.2) is 33.9 Å². The number of ketones is 1. The number of hydrogen-bond donors (Lipinski definition) is 2. The summed E-state index contributed by atoms with van der Waals surface area (Å²) >= 11 is 0. The predicted molar refractivity (Wildman–Crippen MR) is 94.8 cm³/mol. The van der Waals surface area contributed by atoms with Gasteiger partial charge in [0.1, 0.15) is 11.9 Å². The lowest BCUT2D eigenvalue weighted by atomic mass is 9.45. The molecule has 4 aliphatic rings. The van der Waals surface area contributed by atoms with Crippen molar-refractivity contribution in [1.82, 2.24) is 0 Å². The molecule has 4 aliphatic carbocycles. The van der Waals surface area contributed by atoms with Gasteiger partial charge in [-0.25, -0.2) is 0 Å². The fraction of sp³-hybridized carbons (Fsp3) is 0.905. The maximum atomic E-state index is 12.6. The quantitative estimate of drug-likeness (QED) is 0.552. The standard InChI is InChI=1S/C21H32O5/c1-12(22)26-14-6-8-19(2)13(10-14)4-5-15-16(19)7-9-20(3)17(23)11-21(24,25)18(15)20/h13-16,18,24-25H,4-11H2,1-3H3/t13-,14+,15+,16-,18-,19-,20+/m0/s1. The van der Waals surface area contributed by atoms with E-state index in [1.165, 1.54) is 6.92 Å². The molecule has 2 N–H and O–H groups in total. The number of carbonyl (C=O) groups is 2. The lowest BCUT2D eigenvalue weighted by Crippen LogP contribution is -2.57. The topological polar surface area (TPSA) is 83.8 Å². The van der Waals surface area contributed by atoms with Crippen LogP contribution in [0.15, 0.2) is 0 Å². The van der Waals surface area contributed by atoms with Gasteiger partial charge in [-0.15, -0.1) is 0 Å². The van der Waals surface area contributed by atoms with Gasteiger partial charge >= 0.3 is 5.97 Å². The van der Waals surface area contributed by atoms with Crippen molar-refractivity contribution >= 4 is 11.8 Å². The number of carbonyl (C=O) groups excluding carboxylic acids is 2. The summed E-state index contributed by atoms with van der Waals surface area (Å²) in [7, 11) is 0. The number of ether oxygens (including phenoxy) is 1. The van der Waals surface area contributed by atoms with E-state index < -0.39 is 11.2 Å². The highest BCUT2D eigenvalue weighted by molar-refractivity contribution is 5.88. The largest absolute Gasteiger partial charge is 0.463 e. The number of fused-ring (bicyclic) bond motifs is 5. The van der Waals surface area contributed by atoms with Crippen molar-refractivity contribution in [3.63, 3.8) is 0 Å². The summed E-state index contributed by atoms with van der Waals surface area (Å²) in [5.41, 5.74) is -0.439. The SMILES string of the molecule is CC(=O)O[C@@H]1CC[C@@]2(C)[C@@H](CC[C@H]3[C@@H]4C(O)(O)CC(=O)[C@@]4(C)CC[C@@H]32)C1. The number of hydrogen-bond acceptors (Lipinski definition) is 5. The fourth-order valence-electron chi connectivity index (χ4n) is 7.48. The third-order valence-corrected chi connectivity index (χ3v) is 8.68. The number of aliphatic hydroxyl groups is 2. The van der Waals surface area contributed by atoms with Crippen molar-refractivity contribution in [3.05, 3.63) is 0 Å². The summed E-state index contributed by atoms with van der Waals surface area (Å²) in [6.45, 7) is 5.79. The molecule has 4 saturated carbocycles. The summed E-state index contributed by atoms with van der Waals surface area (Å²) < 4.78 is 5.49. The first-order valence-electron chi connectivity index (χ1n) is 10.2. The number of esters is 1. The highest BCUT2D eigenvalue weighted by Gasteiger charge is 2.67. The molecular formula is C21H32O5. The Labute approximate surface area is 155 Å². The van der Waals surface area contributed by atoms with E-state index in [2.05, 4.69) is 6.92 Å². The fourth-order valence-corrected chi connectivity index (χ4v) is 7.48. The van der Waals surface area contributed by atoms with Gasteiger partial charge in [-0.05, 0) is 68.1 Å². The van der Waals surface area contributed by atoms with E-state index in [-0.39, 0.29) is 41.5 Å². The molecule has 5 nitrogen and oxygen atoms in total. The van der Waals surface area contributed by atoms with Crippen LogP contribution in [0.1, 0.15) is 72.1 Å². The molecular weight excluding hydrogens is 332 g/mol. The third kappa shape index (κ3) is 2.50. The molecule has 0 amide bonds. The Morgan fingerprint density at radius 3 is 2.54 bits per heavy atom. The van der Waals surface area contributed by atoms with Crippen LogP contribution in [0, 0.1) is 34.5 Å². The molecule has 0 radical (unpaired) electrons. The molecule has 0 aromatic rings. The van der Waals surface area contributed by atoms with Gasteiger partial charge in [0.2, 0.25) is 0 Å². The van der Waals surface area contributed by atoms with Gasteiger partial charge in [0.25, 0.3) is 0 Å². The van der Waals surface area contributed by atoms with Crippen LogP contribution in [0.25, 0.3) is 0 Å². The first kappa shape index (κ1) is 18.4. The van der Waals surface area contributed by atoms with Gasteiger partial charge in [-0.1, -0.05) is 13.8 Å². The molecule has 4 rings (SSSR count). The van der Waals surface area contributed by atoms with Crippen molar-refractivity contribution in [3.8, 4) is 0 Å². The Hall–Kier alpha value is -0.940. The molecule has 0 aliphatic heterocycles. The van der Waals surface area contributed by atoms with E-state index in [4.69, 9.17) is 4.74 Å². The van der Waals surface area contributed by atoms with Crippen LogP contribution in [0.3, 0.4) is 0 Å². The Balaban J connectivity index is 1.60. The summed E-state index contributed by atoms with van der Waals surface area (Å²) in [5.74, 6) is -1.25. The monoisotopic (exact) mass is 364 g/mol. The molecule has 0 spiro atoms. The van der Waals surface area contributed by atoms with E-state index in [0.29, 0.717) is 11.8 Å². The van der Waals surface area contributed by atoms with Gasteiger partial charge in [0.05, 0.1) is 6.42 Å². The summed E-state index contributed by atoms with van der Waals surface area (Å²) in [6.07, 6.45) is 6.44. The van der Waals surface area contributed by atoms with E-state index in [1.807, 2.05) is 6.92 Å². The van der Waals surface area contributed by atoms with Crippen molar-refractivity contribution in [2.45, 2.75) is 84.0 Å². The lowest BCUT2D eigenvalue weighted by Gasteiger charge is -2.60. The maximum Gasteiger partial charge on any atom is 0.302 e. The molecule has 0 bridgehead atoms. The van der Waals surface area contributed by atoms with Gasteiger partial charge in [0.15, 0.2) is 5.79 Å². The Kier molecular flexibility index (Phi) is 4.09. The molecule has 4 fully saturated rings.